The van der Waals surface area contributed by atoms with E-state index in [9.17, 15) is 14.4 Å². The molecule has 0 aliphatic carbocycles. The Morgan fingerprint density at radius 1 is 1.08 bits per heavy atom. The van der Waals surface area contributed by atoms with Gasteiger partial charge in [-0.3, -0.25) is 14.4 Å². The number of amides is 3. The molecule has 4 N–H and O–H groups in total. The van der Waals surface area contributed by atoms with E-state index in [1.807, 2.05) is 81.6 Å². The van der Waals surface area contributed by atoms with E-state index in [-0.39, 0.29) is 30.4 Å². The van der Waals surface area contributed by atoms with Crippen LogP contribution < -0.4 is 20.7 Å². The lowest BCUT2D eigenvalue weighted by Gasteiger charge is -2.35. The topological polar surface area (TPSA) is 116 Å². The van der Waals surface area contributed by atoms with Gasteiger partial charge in [0.05, 0.1) is 12.6 Å². The second-order valence-corrected chi connectivity index (χ2v) is 11.2. The molecule has 0 unspecified atom stereocenters. The monoisotopic (exact) mass is 533 g/mol. The molecule has 9 heteroatoms. The van der Waals surface area contributed by atoms with Crippen LogP contribution >= 0.6 is 0 Å². The van der Waals surface area contributed by atoms with Gasteiger partial charge in [0.25, 0.3) is 0 Å². The number of benzene rings is 2. The summed E-state index contributed by atoms with van der Waals surface area (Å²) in [5.41, 5.74) is 1.38. The number of carbonyl (C=O) groups excluding carboxylic acids is 3. The third-order valence-electron chi connectivity index (χ3n) is 7.25. The first-order valence-corrected chi connectivity index (χ1v) is 13.4. The first kappa shape index (κ1) is 28.2. The number of rotatable bonds is 9. The smallest absolute Gasteiger partial charge is 0.246 e. The number of nitrogens with zero attached hydrogens (tertiary/aromatic N) is 1. The summed E-state index contributed by atoms with van der Waals surface area (Å²) in [6, 6.07) is 15.3. The number of ether oxygens (including phenoxy) is 1. The van der Waals surface area contributed by atoms with Crippen molar-refractivity contribution in [2.45, 2.75) is 64.9 Å². The quantitative estimate of drug-likeness (QED) is 0.338. The molecule has 4 atom stereocenters. The van der Waals surface area contributed by atoms with E-state index >= 15 is 0 Å². The van der Waals surface area contributed by atoms with Crippen molar-refractivity contribution >= 4 is 28.6 Å². The van der Waals surface area contributed by atoms with Gasteiger partial charge in [0.1, 0.15) is 23.9 Å². The lowest BCUT2D eigenvalue weighted by molar-refractivity contribution is -0.144. The van der Waals surface area contributed by atoms with Crippen LogP contribution in [-0.4, -0.2) is 65.4 Å². The van der Waals surface area contributed by atoms with Crippen LogP contribution in [0.25, 0.3) is 10.9 Å². The van der Waals surface area contributed by atoms with Crippen molar-refractivity contribution in [1.82, 2.24) is 25.8 Å². The van der Waals surface area contributed by atoms with Crippen LogP contribution in [0.1, 0.15) is 39.7 Å². The number of fused-ring (bicyclic) bond motifs is 1. The Labute approximate surface area is 229 Å². The fourth-order valence-electron chi connectivity index (χ4n) is 4.86. The van der Waals surface area contributed by atoms with Crippen LogP contribution in [0.4, 0.5) is 0 Å². The molecular weight excluding hydrogens is 494 g/mol. The summed E-state index contributed by atoms with van der Waals surface area (Å²) < 4.78 is 6.17. The van der Waals surface area contributed by atoms with E-state index in [4.69, 9.17) is 4.74 Å². The van der Waals surface area contributed by atoms with Crippen molar-refractivity contribution in [2.75, 3.05) is 13.6 Å². The minimum atomic E-state index is -0.819. The van der Waals surface area contributed by atoms with E-state index in [0.717, 1.165) is 16.5 Å². The number of aromatic amines is 1. The molecule has 39 heavy (non-hydrogen) atoms. The Morgan fingerprint density at radius 2 is 1.77 bits per heavy atom. The largest absolute Gasteiger partial charge is 0.488 e. The summed E-state index contributed by atoms with van der Waals surface area (Å²) in [6.07, 6.45) is 1.86. The molecular formula is C30H39N5O4. The van der Waals surface area contributed by atoms with Crippen molar-refractivity contribution < 1.29 is 19.1 Å². The second-order valence-electron chi connectivity index (χ2n) is 11.2. The molecule has 1 saturated heterocycles. The Hall–Kier alpha value is -3.85. The highest BCUT2D eigenvalue weighted by molar-refractivity contribution is 5.94. The summed E-state index contributed by atoms with van der Waals surface area (Å²) in [4.78, 5) is 45.1. The summed E-state index contributed by atoms with van der Waals surface area (Å²) >= 11 is 0. The number of H-pyrrole nitrogens is 1. The highest BCUT2D eigenvalue weighted by Gasteiger charge is 2.45. The van der Waals surface area contributed by atoms with Gasteiger partial charge in [-0.1, -0.05) is 57.2 Å². The standard InChI is InChI=1S/C30H39N5O4/c1-19(31-5)27(36)34-26(30(2,3)4)29(38)35-18-22(39-21-11-7-6-8-12-21)15-25(35)28(37)33-17-20-16-32-24-14-10-9-13-23(20)24/h6-14,16,19,22,25-26,31-32H,15,17-18H2,1-5H3,(H,33,37)(H,34,36)/t19-,22+,25-,26+/m0/s1. The molecule has 1 aliphatic rings. The lowest BCUT2D eigenvalue weighted by atomic mass is 9.85. The van der Waals surface area contributed by atoms with Gasteiger partial charge in [0.2, 0.25) is 17.7 Å². The van der Waals surface area contributed by atoms with Gasteiger partial charge in [0.15, 0.2) is 0 Å². The van der Waals surface area contributed by atoms with Gasteiger partial charge < -0.3 is 30.6 Å². The highest BCUT2D eigenvalue weighted by atomic mass is 16.5. The summed E-state index contributed by atoms with van der Waals surface area (Å²) in [5.74, 6) is -0.151. The fourth-order valence-corrected chi connectivity index (χ4v) is 4.86. The minimum absolute atomic E-state index is 0.239. The highest BCUT2D eigenvalue weighted by Crippen LogP contribution is 2.28. The molecule has 0 spiro atoms. The normalized spacial score (nSPS) is 18.9. The molecule has 0 radical (unpaired) electrons. The van der Waals surface area contributed by atoms with Crippen molar-refractivity contribution in [1.29, 1.82) is 0 Å². The van der Waals surface area contributed by atoms with Crippen LogP contribution in [0.2, 0.25) is 0 Å². The van der Waals surface area contributed by atoms with Gasteiger partial charge in [-0.25, -0.2) is 0 Å². The Balaban J connectivity index is 1.55. The second kappa shape index (κ2) is 11.9. The predicted octanol–water partition coefficient (Wildman–Crippen LogP) is 2.97. The minimum Gasteiger partial charge on any atom is -0.488 e. The maximum Gasteiger partial charge on any atom is 0.246 e. The Bertz CT molecular complexity index is 1300. The molecule has 9 nitrogen and oxygen atoms in total. The van der Waals surface area contributed by atoms with Gasteiger partial charge >= 0.3 is 0 Å². The maximum absolute atomic E-state index is 14.0. The molecule has 2 heterocycles. The number of nitrogens with one attached hydrogen (secondary N) is 4. The van der Waals surface area contributed by atoms with Crippen molar-refractivity contribution in [3.8, 4) is 5.75 Å². The van der Waals surface area contributed by atoms with E-state index in [2.05, 4.69) is 20.9 Å². The van der Waals surface area contributed by atoms with Crippen LogP contribution in [0.3, 0.4) is 0 Å². The third-order valence-corrected chi connectivity index (χ3v) is 7.25. The fraction of sp³-hybridized carbons (Fsp3) is 0.433. The SMILES string of the molecule is CN[C@@H](C)C(=O)N[C@H](C(=O)N1C[C@H](Oc2ccccc2)C[C@H]1C(=O)NCc1c[nH]c2ccccc12)C(C)(C)C. The third kappa shape index (κ3) is 6.60. The molecule has 208 valence electrons. The number of aromatic nitrogens is 1. The molecule has 1 aliphatic heterocycles. The number of carbonyl (C=O) groups is 3. The van der Waals surface area contributed by atoms with E-state index in [1.54, 1.807) is 18.9 Å². The predicted molar refractivity (Wildman–Crippen MR) is 151 cm³/mol. The number of likely N-dealkylation sites (N-methyl/N-ethyl adjacent to an activating group) is 1. The Morgan fingerprint density at radius 3 is 2.46 bits per heavy atom. The molecule has 3 aromatic rings. The molecule has 4 rings (SSSR count). The molecule has 1 fully saturated rings. The van der Waals surface area contributed by atoms with Crippen LogP contribution in [0.15, 0.2) is 60.8 Å². The molecule has 0 bridgehead atoms. The number of likely N-dealkylation sites (tertiary alicyclic amines) is 1. The maximum atomic E-state index is 14.0. The molecule has 0 saturated carbocycles. The average Bonchev–Trinajstić information content (AvgIpc) is 3.53. The molecule has 2 aromatic carbocycles. The summed E-state index contributed by atoms with van der Waals surface area (Å²) in [7, 11) is 1.69. The number of para-hydroxylation sites is 2. The van der Waals surface area contributed by atoms with Gasteiger partial charge in [-0.2, -0.15) is 0 Å². The average molecular weight is 534 g/mol. The van der Waals surface area contributed by atoms with Gasteiger partial charge in [-0.15, -0.1) is 0 Å². The van der Waals surface area contributed by atoms with Crippen molar-refractivity contribution in [2.24, 2.45) is 5.41 Å². The van der Waals surface area contributed by atoms with Crippen molar-refractivity contribution in [3.63, 3.8) is 0 Å². The van der Waals surface area contributed by atoms with Crippen LogP contribution in [0.5, 0.6) is 5.75 Å². The van der Waals surface area contributed by atoms with Crippen LogP contribution in [-0.2, 0) is 20.9 Å². The Kier molecular flexibility index (Phi) is 8.60. The molecule has 1 aromatic heterocycles. The van der Waals surface area contributed by atoms with Crippen molar-refractivity contribution in [3.05, 3.63) is 66.4 Å². The van der Waals surface area contributed by atoms with Crippen LogP contribution in [0, 0.1) is 5.41 Å². The van der Waals surface area contributed by atoms with Gasteiger partial charge in [0, 0.05) is 30.1 Å². The molecule has 3 amide bonds. The van der Waals surface area contributed by atoms with E-state index < -0.39 is 23.5 Å². The van der Waals surface area contributed by atoms with E-state index in [0.29, 0.717) is 18.7 Å². The van der Waals surface area contributed by atoms with Gasteiger partial charge in [-0.05, 0) is 43.1 Å². The zero-order chi connectivity index (χ0) is 28.2. The number of hydrogen-bond donors (Lipinski definition) is 4. The zero-order valence-electron chi connectivity index (χ0n) is 23.3. The summed E-state index contributed by atoms with van der Waals surface area (Å²) in [5, 5.41) is 9.89. The first-order chi connectivity index (χ1) is 18.6. The first-order valence-electron chi connectivity index (χ1n) is 13.4. The summed E-state index contributed by atoms with van der Waals surface area (Å²) in [6.45, 7) is 8.01. The number of hydrogen-bond acceptors (Lipinski definition) is 5. The lowest BCUT2D eigenvalue weighted by Crippen LogP contribution is -2.59. The van der Waals surface area contributed by atoms with E-state index in [1.165, 1.54) is 0 Å². The zero-order valence-corrected chi connectivity index (χ0v) is 23.3.